The molecule has 128 valence electrons. The summed E-state index contributed by atoms with van der Waals surface area (Å²) in [5.74, 6) is 0.0414. The van der Waals surface area contributed by atoms with Crippen LogP contribution < -0.4 is 0 Å². The zero-order chi connectivity index (χ0) is 17.6. The first kappa shape index (κ1) is 15.7. The van der Waals surface area contributed by atoms with Crippen LogP contribution in [0, 0.1) is 0 Å². The van der Waals surface area contributed by atoms with E-state index in [1.165, 1.54) is 14.2 Å². The van der Waals surface area contributed by atoms with Crippen LogP contribution >= 0.6 is 0 Å². The topological polar surface area (TPSA) is 75.0 Å². The van der Waals surface area contributed by atoms with Gasteiger partial charge in [-0.25, -0.2) is 9.59 Å². The highest BCUT2D eigenvalue weighted by molar-refractivity contribution is 6.03. The van der Waals surface area contributed by atoms with Gasteiger partial charge < -0.3 is 18.6 Å². The van der Waals surface area contributed by atoms with Gasteiger partial charge in [-0.2, -0.15) is 0 Å². The molecule has 0 spiro atoms. The van der Waals surface area contributed by atoms with Crippen molar-refractivity contribution in [2.75, 3.05) is 14.2 Å². The normalized spacial score (nSPS) is 21.0. The number of methoxy groups -OCH3 is 2. The zero-order valence-corrected chi connectivity index (χ0v) is 13.8. The molecule has 0 amide bonds. The molecule has 0 saturated heterocycles. The van der Waals surface area contributed by atoms with E-state index in [4.69, 9.17) is 18.6 Å². The summed E-state index contributed by atoms with van der Waals surface area (Å²) in [6.07, 6.45) is -0.861. The van der Waals surface area contributed by atoms with Gasteiger partial charge in [0.1, 0.15) is 17.6 Å². The van der Waals surface area contributed by atoms with Crippen molar-refractivity contribution >= 4 is 11.9 Å². The first-order chi connectivity index (χ1) is 12.1. The van der Waals surface area contributed by atoms with Crippen LogP contribution in [0.4, 0.5) is 0 Å². The molecular formula is C19H16O6. The maximum Gasteiger partial charge on any atom is 0.337 e. The largest absolute Gasteiger partial charge is 0.466 e. The van der Waals surface area contributed by atoms with Crippen molar-refractivity contribution in [1.29, 1.82) is 0 Å². The number of fused-ring (bicyclic) bond motifs is 4. The Kier molecular flexibility index (Phi) is 3.69. The van der Waals surface area contributed by atoms with Gasteiger partial charge >= 0.3 is 11.9 Å². The minimum absolute atomic E-state index is 0.159. The number of hydrogen-bond acceptors (Lipinski definition) is 6. The molecule has 0 saturated carbocycles. The number of esters is 2. The minimum atomic E-state index is -0.757. The molecule has 6 heteroatoms. The van der Waals surface area contributed by atoms with Crippen LogP contribution in [-0.2, 0) is 30.2 Å². The summed E-state index contributed by atoms with van der Waals surface area (Å²) in [4.78, 5) is 24.4. The van der Waals surface area contributed by atoms with Crippen molar-refractivity contribution in [2.24, 2.45) is 0 Å². The van der Waals surface area contributed by atoms with Crippen LogP contribution in [0.25, 0.3) is 11.3 Å². The Morgan fingerprint density at radius 2 is 1.72 bits per heavy atom. The molecule has 1 aromatic carbocycles. The van der Waals surface area contributed by atoms with E-state index in [1.807, 2.05) is 36.4 Å². The van der Waals surface area contributed by atoms with E-state index in [1.54, 1.807) is 0 Å². The highest BCUT2D eigenvalue weighted by atomic mass is 16.6. The summed E-state index contributed by atoms with van der Waals surface area (Å²) in [5.41, 5.74) is 2.23. The van der Waals surface area contributed by atoms with Gasteiger partial charge in [0.25, 0.3) is 0 Å². The molecule has 2 aromatic rings. The summed E-state index contributed by atoms with van der Waals surface area (Å²) in [5, 5.41) is 0. The summed E-state index contributed by atoms with van der Waals surface area (Å²) in [6.45, 7) is 0. The lowest BCUT2D eigenvalue weighted by Gasteiger charge is -2.21. The molecule has 0 aliphatic carbocycles. The Labute approximate surface area is 144 Å². The number of hydrogen-bond donors (Lipinski definition) is 0. The molecule has 1 aromatic heterocycles. The lowest BCUT2D eigenvalue weighted by Crippen LogP contribution is -2.23. The third-order valence-electron chi connectivity index (χ3n) is 4.53. The minimum Gasteiger partial charge on any atom is -0.466 e. The third-order valence-corrected chi connectivity index (χ3v) is 4.53. The monoisotopic (exact) mass is 340 g/mol. The molecule has 6 nitrogen and oxygen atoms in total. The van der Waals surface area contributed by atoms with Gasteiger partial charge in [-0.3, -0.25) is 0 Å². The van der Waals surface area contributed by atoms with E-state index >= 15 is 0 Å². The van der Waals surface area contributed by atoms with Gasteiger partial charge in [0.05, 0.1) is 31.5 Å². The molecule has 2 bridgehead atoms. The Morgan fingerprint density at radius 1 is 1.04 bits per heavy atom. The van der Waals surface area contributed by atoms with Gasteiger partial charge in [0.2, 0.25) is 0 Å². The zero-order valence-electron chi connectivity index (χ0n) is 13.8. The second-order valence-electron chi connectivity index (χ2n) is 5.89. The molecule has 0 fully saturated rings. The molecule has 0 radical (unpaired) electrons. The number of furan rings is 1. The van der Waals surface area contributed by atoms with Crippen LogP contribution in [0.3, 0.4) is 0 Å². The van der Waals surface area contributed by atoms with Crippen LogP contribution in [-0.4, -0.2) is 32.3 Å². The van der Waals surface area contributed by atoms with Crippen molar-refractivity contribution < 1.29 is 28.2 Å². The van der Waals surface area contributed by atoms with Gasteiger partial charge in [0, 0.05) is 17.5 Å². The van der Waals surface area contributed by atoms with Gasteiger partial charge in [-0.1, -0.05) is 30.3 Å². The Balaban J connectivity index is 1.81. The quantitative estimate of drug-likeness (QED) is 0.800. The van der Waals surface area contributed by atoms with Crippen molar-refractivity contribution in [3.05, 3.63) is 58.9 Å². The van der Waals surface area contributed by atoms with E-state index in [0.717, 1.165) is 11.1 Å². The molecule has 25 heavy (non-hydrogen) atoms. The summed E-state index contributed by atoms with van der Waals surface area (Å²) < 4.78 is 21.5. The summed E-state index contributed by atoms with van der Waals surface area (Å²) >= 11 is 0. The standard InChI is InChI=1S/C19H16O6/c1-22-18(20)14-13-9-11-8-12(10-6-4-3-5-7-10)24-16(11)17(25-13)15(14)19(21)23-2/h3-8,13,17H,9H2,1-2H3. The maximum absolute atomic E-state index is 12.3. The predicted octanol–water partition coefficient (Wildman–Crippen LogP) is 2.59. The molecule has 3 heterocycles. The second kappa shape index (κ2) is 5.89. The predicted molar refractivity (Wildman–Crippen MR) is 86.5 cm³/mol. The number of rotatable bonds is 3. The smallest absolute Gasteiger partial charge is 0.337 e. The first-order valence-electron chi connectivity index (χ1n) is 7.88. The van der Waals surface area contributed by atoms with Crippen LogP contribution in [0.5, 0.6) is 0 Å². The Hall–Kier alpha value is -2.86. The molecule has 2 aliphatic heterocycles. The molecule has 2 unspecified atom stereocenters. The van der Waals surface area contributed by atoms with E-state index in [0.29, 0.717) is 17.9 Å². The summed E-state index contributed by atoms with van der Waals surface area (Å²) in [6, 6.07) is 11.6. The van der Waals surface area contributed by atoms with Crippen LogP contribution in [0.15, 0.2) is 52.0 Å². The number of carbonyl (C=O) groups is 2. The fraction of sp³-hybridized carbons (Fsp3) is 0.263. The number of ether oxygens (including phenoxy) is 3. The fourth-order valence-corrected chi connectivity index (χ4v) is 3.41. The Bertz CT molecular complexity index is 877. The molecule has 2 aliphatic rings. The average molecular weight is 340 g/mol. The van der Waals surface area contributed by atoms with Gasteiger partial charge in [-0.05, 0) is 6.07 Å². The van der Waals surface area contributed by atoms with Crippen molar-refractivity contribution in [3.63, 3.8) is 0 Å². The maximum atomic E-state index is 12.3. The van der Waals surface area contributed by atoms with Gasteiger partial charge in [0.15, 0.2) is 0 Å². The fourth-order valence-electron chi connectivity index (χ4n) is 3.41. The average Bonchev–Trinajstić information content (AvgIpc) is 3.22. The van der Waals surface area contributed by atoms with E-state index in [9.17, 15) is 9.59 Å². The summed E-state index contributed by atoms with van der Waals surface area (Å²) in [7, 11) is 2.54. The van der Waals surface area contributed by atoms with Crippen molar-refractivity contribution in [3.8, 4) is 11.3 Å². The first-order valence-corrected chi connectivity index (χ1v) is 7.88. The lowest BCUT2D eigenvalue weighted by atomic mass is 10.0. The lowest BCUT2D eigenvalue weighted by molar-refractivity contribution is -0.139. The molecular weight excluding hydrogens is 324 g/mol. The SMILES string of the molecule is COC(=O)C1=C(C(=O)OC)C2OC1Cc1cc(-c3ccccc3)oc12. The number of benzene rings is 1. The number of carbonyl (C=O) groups excluding carboxylic acids is 2. The second-order valence-corrected chi connectivity index (χ2v) is 5.89. The third kappa shape index (κ3) is 2.37. The van der Waals surface area contributed by atoms with E-state index < -0.39 is 24.1 Å². The molecule has 2 atom stereocenters. The van der Waals surface area contributed by atoms with Crippen molar-refractivity contribution in [1.82, 2.24) is 0 Å². The van der Waals surface area contributed by atoms with Gasteiger partial charge in [-0.15, -0.1) is 0 Å². The molecule has 4 rings (SSSR count). The van der Waals surface area contributed by atoms with Crippen molar-refractivity contribution in [2.45, 2.75) is 18.6 Å². The highest BCUT2D eigenvalue weighted by Crippen LogP contribution is 2.47. The Morgan fingerprint density at radius 3 is 2.40 bits per heavy atom. The van der Waals surface area contributed by atoms with E-state index in [-0.39, 0.29) is 11.1 Å². The van der Waals surface area contributed by atoms with E-state index in [2.05, 4.69) is 0 Å². The molecule has 0 N–H and O–H groups in total. The van der Waals surface area contributed by atoms with Crippen LogP contribution in [0.1, 0.15) is 17.4 Å². The highest BCUT2D eigenvalue weighted by Gasteiger charge is 2.49. The van der Waals surface area contributed by atoms with Crippen LogP contribution in [0.2, 0.25) is 0 Å².